The lowest BCUT2D eigenvalue weighted by Gasteiger charge is -2.13. The van der Waals surface area contributed by atoms with Crippen molar-refractivity contribution in [3.63, 3.8) is 0 Å². The molecule has 3 heterocycles. The maximum absolute atomic E-state index is 8.92. The Labute approximate surface area is 269 Å². The van der Waals surface area contributed by atoms with Gasteiger partial charge in [-0.1, -0.05) is 59.3 Å². The summed E-state index contributed by atoms with van der Waals surface area (Å²) < 4.78 is 4.29. The standard InChI is InChI=1S/C35H29N8S2/c1-2-3-12-26(36)27-13-7-15-30(42-27)34(39)44-32(37)24-19-23(22-10-5-4-6-11-22)20-25(21-24)33(38)45-35(40)31-16-8-14-29(43-31)28-17-9-18-41-28/h2-21,37-40H,36H2,1H3/q+1/b3-2-,26-12-,37-32?,38-33?,39-34?,40-35?. The first-order valence-corrected chi connectivity index (χ1v) is 15.5. The Balaban J connectivity index is 1.40. The van der Waals surface area contributed by atoms with Crippen LogP contribution in [0.3, 0.4) is 0 Å². The van der Waals surface area contributed by atoms with Gasteiger partial charge in [0.1, 0.15) is 20.2 Å². The maximum Gasteiger partial charge on any atom is 0.352 e. The molecule has 0 radical (unpaired) electrons. The van der Waals surface area contributed by atoms with Crippen molar-refractivity contribution < 1.29 is 0 Å². The summed E-state index contributed by atoms with van der Waals surface area (Å²) in [6.45, 7) is 1.90. The van der Waals surface area contributed by atoms with Gasteiger partial charge < -0.3 is 5.73 Å². The molecule has 0 saturated heterocycles. The van der Waals surface area contributed by atoms with Crippen molar-refractivity contribution in [2.24, 2.45) is 5.73 Å². The Morgan fingerprint density at radius 1 is 0.711 bits per heavy atom. The average molecular weight is 626 g/mol. The molecular weight excluding hydrogens is 597 g/mol. The van der Waals surface area contributed by atoms with E-state index in [9.17, 15) is 0 Å². The van der Waals surface area contributed by atoms with E-state index < -0.39 is 0 Å². The smallest absolute Gasteiger partial charge is 0.352 e. The van der Waals surface area contributed by atoms with Gasteiger partial charge in [-0.2, -0.15) is 0 Å². The van der Waals surface area contributed by atoms with Crippen LogP contribution < -0.4 is 10.4 Å². The van der Waals surface area contributed by atoms with Gasteiger partial charge in [0.15, 0.2) is 5.69 Å². The zero-order chi connectivity index (χ0) is 31.8. The lowest BCUT2D eigenvalue weighted by atomic mass is 10.0. The van der Waals surface area contributed by atoms with Crippen molar-refractivity contribution in [2.75, 3.05) is 0 Å². The minimum atomic E-state index is 0.101. The molecule has 1 aliphatic rings. The lowest BCUT2D eigenvalue weighted by molar-refractivity contribution is 1.23. The van der Waals surface area contributed by atoms with Crippen LogP contribution in [0.25, 0.3) is 16.8 Å². The normalized spacial score (nSPS) is 12.4. The van der Waals surface area contributed by atoms with E-state index in [2.05, 4.69) is 14.6 Å². The summed E-state index contributed by atoms with van der Waals surface area (Å²) in [7, 11) is 0. The summed E-state index contributed by atoms with van der Waals surface area (Å²) in [6.07, 6.45) is 10.8. The zero-order valence-corrected chi connectivity index (χ0v) is 25.9. The maximum atomic E-state index is 8.92. The molecule has 6 N–H and O–H groups in total. The molecule has 0 aliphatic carbocycles. The van der Waals surface area contributed by atoms with Crippen LogP contribution in [0.15, 0.2) is 115 Å². The van der Waals surface area contributed by atoms with E-state index in [4.69, 9.17) is 27.4 Å². The summed E-state index contributed by atoms with van der Waals surface area (Å²) in [5.74, 6) is 0. The molecule has 4 aromatic rings. The topological polar surface area (TPSA) is 161 Å². The number of thioether (sulfide) groups is 2. The number of rotatable bonds is 8. The van der Waals surface area contributed by atoms with Gasteiger partial charge in [-0.3, -0.25) is 21.6 Å². The van der Waals surface area contributed by atoms with Gasteiger partial charge >= 0.3 is 5.71 Å². The van der Waals surface area contributed by atoms with Crippen molar-refractivity contribution in [2.45, 2.75) is 6.92 Å². The predicted molar refractivity (Wildman–Crippen MR) is 191 cm³/mol. The fourth-order valence-corrected chi connectivity index (χ4v) is 5.59. The second kappa shape index (κ2) is 14.4. The van der Waals surface area contributed by atoms with E-state index in [0.717, 1.165) is 40.4 Å². The van der Waals surface area contributed by atoms with Crippen molar-refractivity contribution >= 4 is 61.3 Å². The highest BCUT2D eigenvalue weighted by Gasteiger charge is 2.19. The number of hydrogen-bond acceptors (Lipinski definition) is 9. The minimum absolute atomic E-state index is 0.101. The van der Waals surface area contributed by atoms with Gasteiger partial charge in [0.25, 0.3) is 6.21 Å². The zero-order valence-electron chi connectivity index (χ0n) is 24.3. The SMILES string of the molecule is C/C=C\C=C(/N)c1cccc(C(=N)SC(=N)c2cc(C(=N)SC(=N)c3cccc(C4=[N+]=CC=C4)n3)cc(-c3ccccc3)c2)n1. The number of nitrogens with one attached hydrogen (secondary N) is 4. The summed E-state index contributed by atoms with van der Waals surface area (Å²) in [4.78, 5) is 9.11. The van der Waals surface area contributed by atoms with Gasteiger partial charge in [0.2, 0.25) is 0 Å². The molecule has 0 spiro atoms. The molecule has 10 heteroatoms. The molecule has 5 rings (SSSR count). The van der Waals surface area contributed by atoms with Gasteiger partial charge in [0, 0.05) is 23.3 Å². The molecule has 0 amide bonds. The van der Waals surface area contributed by atoms with Crippen LogP contribution in [-0.4, -0.2) is 42.1 Å². The van der Waals surface area contributed by atoms with Crippen LogP contribution >= 0.6 is 23.5 Å². The van der Waals surface area contributed by atoms with Crippen LogP contribution in [0.1, 0.15) is 40.8 Å². The number of benzene rings is 2. The van der Waals surface area contributed by atoms with Crippen molar-refractivity contribution in [1.82, 2.24) is 14.6 Å². The van der Waals surface area contributed by atoms with Crippen LogP contribution in [0.2, 0.25) is 0 Å². The largest absolute Gasteiger partial charge is 0.397 e. The molecule has 0 atom stereocenters. The molecule has 220 valence electrons. The first-order chi connectivity index (χ1) is 21.8. The third-order valence-electron chi connectivity index (χ3n) is 6.52. The van der Waals surface area contributed by atoms with Gasteiger partial charge in [-0.15, -0.1) is 0 Å². The van der Waals surface area contributed by atoms with E-state index in [1.807, 2.05) is 85.8 Å². The first-order valence-electron chi connectivity index (χ1n) is 13.9. The number of allylic oxidation sites excluding steroid dienone is 5. The van der Waals surface area contributed by atoms with E-state index in [-0.39, 0.29) is 20.2 Å². The Bertz CT molecular complexity index is 1980. The monoisotopic (exact) mass is 625 g/mol. The Morgan fingerprint density at radius 3 is 1.96 bits per heavy atom. The predicted octanol–water partition coefficient (Wildman–Crippen LogP) is 6.68. The molecule has 2 aromatic carbocycles. The highest BCUT2D eigenvalue weighted by Crippen LogP contribution is 2.28. The Kier molecular flexibility index (Phi) is 9.91. The minimum Gasteiger partial charge on any atom is -0.397 e. The van der Waals surface area contributed by atoms with Gasteiger partial charge in [0.05, 0.1) is 22.8 Å². The van der Waals surface area contributed by atoms with Gasteiger partial charge in [-0.25, -0.2) is 9.97 Å². The van der Waals surface area contributed by atoms with E-state index in [1.54, 1.807) is 42.6 Å². The molecule has 45 heavy (non-hydrogen) atoms. The second-order valence-electron chi connectivity index (χ2n) is 9.67. The van der Waals surface area contributed by atoms with E-state index in [0.29, 0.717) is 39.6 Å². The van der Waals surface area contributed by atoms with Crippen LogP contribution in [-0.2, 0) is 0 Å². The molecular formula is C35H29N8S2+. The number of aromatic nitrogens is 2. The third-order valence-corrected chi connectivity index (χ3v) is 8.22. The van der Waals surface area contributed by atoms with Crippen molar-refractivity contribution in [3.05, 3.63) is 149 Å². The summed E-state index contributed by atoms with van der Waals surface area (Å²) in [6, 6.07) is 25.9. The number of nitrogens with two attached hydrogens (primary N) is 1. The fraction of sp³-hybridized carbons (Fsp3) is 0.0286. The molecule has 1 aliphatic heterocycles. The third kappa shape index (κ3) is 7.76. The van der Waals surface area contributed by atoms with Crippen molar-refractivity contribution in [1.29, 1.82) is 21.6 Å². The van der Waals surface area contributed by atoms with Gasteiger partial charge in [-0.05, 0) is 90.1 Å². The number of pyridine rings is 2. The average Bonchev–Trinajstić information content (AvgIpc) is 3.63. The summed E-state index contributed by atoms with van der Waals surface area (Å²) in [5.41, 5.74) is 12.2. The number of nitrogens with zero attached hydrogens (tertiary/aromatic N) is 3. The Morgan fingerprint density at radius 2 is 1.33 bits per heavy atom. The van der Waals surface area contributed by atoms with E-state index >= 15 is 0 Å². The summed E-state index contributed by atoms with van der Waals surface area (Å²) in [5, 5.41) is 35.7. The molecule has 8 nitrogen and oxygen atoms in total. The number of hydrogen-bond donors (Lipinski definition) is 5. The molecule has 0 saturated carbocycles. The molecule has 0 fully saturated rings. The summed E-state index contributed by atoms with van der Waals surface area (Å²) >= 11 is 1.96. The van der Waals surface area contributed by atoms with E-state index in [1.165, 1.54) is 0 Å². The fourth-order valence-electron chi connectivity index (χ4n) is 4.28. The first kappa shape index (κ1) is 31.0. The molecule has 0 bridgehead atoms. The van der Waals surface area contributed by atoms with Crippen LogP contribution in [0, 0.1) is 21.6 Å². The van der Waals surface area contributed by atoms with Crippen LogP contribution in [0.5, 0.6) is 0 Å². The Hall–Kier alpha value is -5.41. The molecule has 0 unspecified atom stereocenters. The van der Waals surface area contributed by atoms with Crippen LogP contribution in [0.4, 0.5) is 0 Å². The quantitative estimate of drug-likeness (QED) is 0.0637. The highest BCUT2D eigenvalue weighted by molar-refractivity contribution is 8.27. The molecule has 2 aromatic heterocycles. The lowest BCUT2D eigenvalue weighted by Crippen LogP contribution is -2.09. The van der Waals surface area contributed by atoms with Crippen molar-refractivity contribution in [3.8, 4) is 11.1 Å². The highest BCUT2D eigenvalue weighted by atomic mass is 32.2. The second-order valence-corrected chi connectivity index (χ2v) is 11.7.